The summed E-state index contributed by atoms with van der Waals surface area (Å²) in [5.41, 5.74) is 2.29. The van der Waals surface area contributed by atoms with E-state index in [-0.39, 0.29) is 37.6 Å². The number of imidazole rings is 1. The first-order valence-electron chi connectivity index (χ1n) is 12.2. The molecule has 0 bridgehead atoms. The molecule has 0 unspecified atom stereocenters. The number of carbonyl (C=O) groups is 1. The van der Waals surface area contributed by atoms with Gasteiger partial charge in [0, 0.05) is 56.7 Å². The Morgan fingerprint density at radius 3 is 2.61 bits per heavy atom. The second-order valence-electron chi connectivity index (χ2n) is 9.32. The van der Waals surface area contributed by atoms with Gasteiger partial charge in [-0.25, -0.2) is 9.37 Å². The van der Waals surface area contributed by atoms with Crippen molar-refractivity contribution in [2.24, 2.45) is 0 Å². The third kappa shape index (κ3) is 5.22. The molecule has 1 amide bonds. The lowest BCUT2D eigenvalue weighted by Crippen LogP contribution is -2.48. The van der Waals surface area contributed by atoms with Crippen molar-refractivity contribution >= 4 is 11.6 Å². The SMILES string of the molecule is CC(=O)N1CCN(c2ccc(OC[C@H]3CO[C@](Cn4ccnc4)(c4ccc(C)cc4[18F])O3)cc2)CC1. The smallest absolute Gasteiger partial charge is 0.219 e. The maximum absolute atomic E-state index is 15.0. The Kier molecular flexibility index (Phi) is 6.93. The lowest BCUT2D eigenvalue weighted by Gasteiger charge is -2.35. The minimum atomic E-state index is -1.27. The molecule has 190 valence electrons. The van der Waals surface area contributed by atoms with Crippen LogP contribution in [0.25, 0.3) is 0 Å². The Hall–Kier alpha value is -3.43. The molecule has 2 aliphatic heterocycles. The molecule has 5 rings (SSSR count). The molecule has 0 aliphatic carbocycles. The monoisotopic (exact) mass is 493 g/mol. The first-order chi connectivity index (χ1) is 17.4. The summed E-state index contributed by atoms with van der Waals surface area (Å²) in [4.78, 5) is 19.8. The highest BCUT2D eigenvalue weighted by Crippen LogP contribution is 2.38. The van der Waals surface area contributed by atoms with E-state index in [1.807, 2.05) is 46.7 Å². The van der Waals surface area contributed by atoms with Crippen LogP contribution in [-0.4, -0.2) is 65.9 Å². The summed E-state index contributed by atoms with van der Waals surface area (Å²) in [7, 11) is 0. The summed E-state index contributed by atoms with van der Waals surface area (Å²) < 4.78 is 35.2. The second kappa shape index (κ2) is 10.3. The highest BCUT2D eigenvalue weighted by Gasteiger charge is 2.45. The molecule has 0 saturated carbocycles. The molecule has 2 aliphatic rings. The second-order valence-corrected chi connectivity index (χ2v) is 9.32. The number of ether oxygens (including phenoxy) is 3. The number of hydrogen-bond donors (Lipinski definition) is 0. The van der Waals surface area contributed by atoms with Gasteiger partial charge in [0.05, 0.1) is 19.5 Å². The number of rotatable bonds is 7. The van der Waals surface area contributed by atoms with Crippen LogP contribution in [-0.2, 0) is 26.6 Å². The van der Waals surface area contributed by atoms with E-state index in [1.54, 1.807) is 31.7 Å². The van der Waals surface area contributed by atoms with Crippen molar-refractivity contribution in [3.05, 3.63) is 78.1 Å². The lowest BCUT2D eigenvalue weighted by atomic mass is 10.0. The van der Waals surface area contributed by atoms with Crippen molar-refractivity contribution in [2.75, 3.05) is 44.3 Å². The summed E-state index contributed by atoms with van der Waals surface area (Å²) in [5, 5.41) is 0. The van der Waals surface area contributed by atoms with Crippen molar-refractivity contribution in [1.82, 2.24) is 14.5 Å². The number of anilines is 1. The van der Waals surface area contributed by atoms with Crippen LogP contribution in [0.3, 0.4) is 0 Å². The molecule has 0 N–H and O–H groups in total. The van der Waals surface area contributed by atoms with Gasteiger partial charge in [0.25, 0.3) is 0 Å². The number of halogens is 1. The summed E-state index contributed by atoms with van der Waals surface area (Å²) in [6.07, 6.45) is 4.76. The van der Waals surface area contributed by atoms with Crippen molar-refractivity contribution in [3.63, 3.8) is 0 Å². The van der Waals surface area contributed by atoms with Crippen LogP contribution in [0, 0.1) is 12.7 Å². The number of amides is 1. The Morgan fingerprint density at radius 2 is 1.94 bits per heavy atom. The Labute approximate surface area is 210 Å². The molecule has 3 aromatic rings. The molecule has 3 heterocycles. The van der Waals surface area contributed by atoms with Gasteiger partial charge in [-0.1, -0.05) is 12.1 Å². The Morgan fingerprint density at radius 1 is 1.17 bits per heavy atom. The largest absolute Gasteiger partial charge is 0.491 e. The van der Waals surface area contributed by atoms with E-state index in [0.717, 1.165) is 43.2 Å². The maximum atomic E-state index is 15.0. The standard InChI is InChI=1S/C27H31FN4O4/c1-20-3-8-25(26(28)15-20)27(18-30-10-9-29-19-30)35-17-24(36-27)16-34-23-6-4-22(5-7-23)32-13-11-31(12-14-32)21(2)33/h3-10,15,19,24H,11-14,16-18H2,1-2H3/t24-,27-/m0/s1/i28-1. The fourth-order valence-corrected chi connectivity index (χ4v) is 4.73. The summed E-state index contributed by atoms with van der Waals surface area (Å²) >= 11 is 0. The Balaban J connectivity index is 1.22. The zero-order chi connectivity index (χ0) is 25.1. The predicted molar refractivity (Wildman–Crippen MR) is 132 cm³/mol. The zero-order valence-corrected chi connectivity index (χ0v) is 20.6. The zero-order valence-electron chi connectivity index (χ0n) is 20.6. The normalized spacial score (nSPS) is 22.1. The molecule has 2 fully saturated rings. The number of piperazine rings is 1. The average Bonchev–Trinajstić information content (AvgIpc) is 3.54. The quantitative estimate of drug-likeness (QED) is 0.503. The fourth-order valence-electron chi connectivity index (χ4n) is 4.73. The molecule has 9 heteroatoms. The van der Waals surface area contributed by atoms with Gasteiger partial charge in [0.15, 0.2) is 0 Å². The van der Waals surface area contributed by atoms with Crippen LogP contribution in [0.1, 0.15) is 18.1 Å². The number of hydrogen-bond acceptors (Lipinski definition) is 6. The predicted octanol–water partition coefficient (Wildman–Crippen LogP) is 3.35. The number of carbonyl (C=O) groups excluding carboxylic acids is 1. The lowest BCUT2D eigenvalue weighted by molar-refractivity contribution is -0.191. The maximum Gasteiger partial charge on any atom is 0.219 e. The van der Waals surface area contributed by atoms with Crippen molar-refractivity contribution < 1.29 is 23.4 Å². The van der Waals surface area contributed by atoms with Gasteiger partial charge < -0.3 is 28.6 Å². The summed E-state index contributed by atoms with van der Waals surface area (Å²) in [5.74, 6) is -0.788. The van der Waals surface area contributed by atoms with Crippen LogP contribution < -0.4 is 9.64 Å². The summed E-state index contributed by atoms with van der Waals surface area (Å²) in [6, 6.07) is 13.0. The molecular weight excluding hydrogens is 462 g/mol. The molecule has 0 spiro atoms. The number of nitrogens with zero attached hydrogens (tertiary/aromatic N) is 4. The van der Waals surface area contributed by atoms with Crippen LogP contribution in [0.15, 0.2) is 61.2 Å². The van der Waals surface area contributed by atoms with E-state index in [0.29, 0.717) is 5.56 Å². The Bertz CT molecular complexity index is 1180. The third-order valence-electron chi connectivity index (χ3n) is 6.71. The van der Waals surface area contributed by atoms with Gasteiger partial charge >= 0.3 is 0 Å². The molecular formula is C27H31FN4O4. The highest BCUT2D eigenvalue weighted by molar-refractivity contribution is 5.73. The number of benzene rings is 2. The number of aryl methyl sites for hydroxylation is 1. The molecule has 2 atom stereocenters. The minimum Gasteiger partial charge on any atom is -0.491 e. The average molecular weight is 494 g/mol. The van der Waals surface area contributed by atoms with Crippen molar-refractivity contribution in [3.8, 4) is 5.75 Å². The fraction of sp³-hybridized carbons (Fsp3) is 0.407. The molecule has 0 radical (unpaired) electrons. The van der Waals surface area contributed by atoms with Crippen LogP contribution in [0.4, 0.5) is 10.1 Å². The van der Waals surface area contributed by atoms with Gasteiger partial charge in [-0.15, -0.1) is 0 Å². The van der Waals surface area contributed by atoms with E-state index in [1.165, 1.54) is 6.07 Å². The van der Waals surface area contributed by atoms with E-state index < -0.39 is 5.79 Å². The van der Waals surface area contributed by atoms with Gasteiger partial charge in [-0.05, 0) is 42.8 Å². The molecule has 2 aromatic carbocycles. The minimum absolute atomic E-state index is 0.121. The molecule has 2 saturated heterocycles. The van der Waals surface area contributed by atoms with E-state index in [2.05, 4.69) is 9.88 Å². The first kappa shape index (κ1) is 24.3. The first-order valence-corrected chi connectivity index (χ1v) is 12.2. The van der Waals surface area contributed by atoms with Gasteiger partial charge in [0.1, 0.15) is 24.3 Å². The van der Waals surface area contributed by atoms with Gasteiger partial charge in [-0.2, -0.15) is 0 Å². The number of aromatic nitrogens is 2. The van der Waals surface area contributed by atoms with Gasteiger partial charge in [-0.3, -0.25) is 4.79 Å². The highest BCUT2D eigenvalue weighted by atomic mass is 18.2. The van der Waals surface area contributed by atoms with Crippen LogP contribution in [0.2, 0.25) is 0 Å². The molecule has 1 aromatic heterocycles. The molecule has 36 heavy (non-hydrogen) atoms. The van der Waals surface area contributed by atoms with Gasteiger partial charge in [0.2, 0.25) is 11.7 Å². The van der Waals surface area contributed by atoms with E-state index in [9.17, 15) is 9.18 Å². The summed E-state index contributed by atoms with van der Waals surface area (Å²) in [6.45, 7) is 7.36. The van der Waals surface area contributed by atoms with Crippen molar-refractivity contribution in [2.45, 2.75) is 32.3 Å². The van der Waals surface area contributed by atoms with Crippen LogP contribution >= 0.6 is 0 Å². The van der Waals surface area contributed by atoms with Crippen LogP contribution in [0.5, 0.6) is 5.75 Å². The van der Waals surface area contributed by atoms with Crippen molar-refractivity contribution in [1.29, 1.82) is 0 Å². The topological polar surface area (TPSA) is 69.1 Å². The molecule has 8 nitrogen and oxygen atoms in total. The third-order valence-corrected chi connectivity index (χ3v) is 6.71. The van der Waals surface area contributed by atoms with E-state index in [4.69, 9.17) is 14.2 Å². The van der Waals surface area contributed by atoms with E-state index >= 15 is 0 Å².